The number of carbonyl (C=O) groups is 2. The molecule has 1 saturated heterocycles. The van der Waals surface area contributed by atoms with Crippen LogP contribution < -0.4 is 0 Å². The van der Waals surface area contributed by atoms with E-state index in [0.717, 1.165) is 6.42 Å². The molecule has 1 aliphatic heterocycles. The van der Waals surface area contributed by atoms with Gasteiger partial charge in [-0.3, -0.25) is 9.59 Å². The second kappa shape index (κ2) is 8.13. The van der Waals surface area contributed by atoms with E-state index < -0.39 is 6.10 Å². The summed E-state index contributed by atoms with van der Waals surface area (Å²) in [5, 5.41) is 33.3. The quantitative estimate of drug-likeness (QED) is 0.257. The number of phenolic OH excluding ortho intramolecular Hbond substituents is 2. The number of phenols is 2. The molecule has 2 fully saturated rings. The third-order valence-electron chi connectivity index (χ3n) is 4.32. The molecule has 4 rings (SSSR count). The number of hydrogen-bond donors (Lipinski definition) is 4. The smallest absolute Gasteiger partial charge is 0.318 e. The first-order valence-electron chi connectivity index (χ1n) is 8.04. The van der Waals surface area contributed by atoms with E-state index in [0.29, 0.717) is 0 Å². The van der Waals surface area contributed by atoms with E-state index >= 15 is 0 Å². The topological polar surface area (TPSA) is 124 Å². The van der Waals surface area contributed by atoms with Gasteiger partial charge in [-0.1, -0.05) is 12.2 Å². The first-order chi connectivity index (χ1) is 11.8. The molecule has 5 atom stereocenters. The molecule has 0 aromatic heterocycles. The summed E-state index contributed by atoms with van der Waals surface area (Å²) in [7, 11) is 0. The zero-order valence-corrected chi connectivity index (χ0v) is 13.8. The number of allylic oxidation sites excluding steroid dienone is 2. The Balaban J connectivity index is 0.000000151. The number of aliphatic hydroxyl groups is 2. The molecular formula is C18H22O7. The van der Waals surface area contributed by atoms with Crippen molar-refractivity contribution in [3.8, 4) is 11.5 Å². The maximum atomic E-state index is 11.2. The van der Waals surface area contributed by atoms with Gasteiger partial charge in [0.15, 0.2) is 0 Å². The van der Waals surface area contributed by atoms with E-state index in [1.165, 1.54) is 31.2 Å². The van der Waals surface area contributed by atoms with Gasteiger partial charge < -0.3 is 25.2 Å². The van der Waals surface area contributed by atoms with Gasteiger partial charge in [0.05, 0.1) is 24.5 Å². The summed E-state index contributed by atoms with van der Waals surface area (Å²) in [6.45, 7) is 1.39. The van der Waals surface area contributed by atoms with E-state index in [-0.39, 0.29) is 53.7 Å². The van der Waals surface area contributed by atoms with Crippen molar-refractivity contribution >= 4 is 11.9 Å². The molecule has 1 saturated carbocycles. The Morgan fingerprint density at radius 2 is 1.36 bits per heavy atom. The summed E-state index contributed by atoms with van der Waals surface area (Å²) >= 11 is 0. The number of esters is 2. The number of hydrogen-bond acceptors (Lipinski definition) is 7. The van der Waals surface area contributed by atoms with Crippen LogP contribution in [0.2, 0.25) is 0 Å². The number of carbonyl (C=O) groups excluding carboxylic acids is 2. The fraction of sp³-hybridized carbons (Fsp3) is 0.444. The predicted octanol–water partition coefficient (Wildman–Crippen LogP) is 0.965. The van der Waals surface area contributed by atoms with Crippen molar-refractivity contribution < 1.29 is 34.8 Å². The number of cyclic esters (lactones) is 2. The van der Waals surface area contributed by atoms with Crippen LogP contribution in [0.1, 0.15) is 13.3 Å². The van der Waals surface area contributed by atoms with Gasteiger partial charge in [0.25, 0.3) is 0 Å². The number of rotatable bonds is 1. The molecule has 0 spiro atoms. The Morgan fingerprint density at radius 1 is 1.00 bits per heavy atom. The van der Waals surface area contributed by atoms with Crippen LogP contribution in [0.4, 0.5) is 0 Å². The monoisotopic (exact) mass is 350 g/mol. The highest BCUT2D eigenvalue weighted by Gasteiger charge is 2.57. The lowest BCUT2D eigenvalue weighted by Crippen LogP contribution is -2.21. The summed E-state index contributed by atoms with van der Waals surface area (Å²) in [5.74, 6) is -0.00722. The minimum Gasteiger partial charge on any atom is -0.508 e. The highest BCUT2D eigenvalue weighted by Crippen LogP contribution is 2.51. The SMILES string of the molecule is CC(O)CO.O=C1OC(=O)C2C3C=CC(C3)C12.Oc1ccc(O)cc1. The van der Waals surface area contributed by atoms with E-state index in [1.54, 1.807) is 0 Å². The van der Waals surface area contributed by atoms with Crippen molar-refractivity contribution in [1.29, 1.82) is 0 Å². The molecule has 1 aromatic rings. The minimum atomic E-state index is -0.560. The fourth-order valence-corrected chi connectivity index (χ4v) is 3.15. The zero-order valence-electron chi connectivity index (χ0n) is 13.8. The number of fused-ring (bicyclic) bond motifs is 5. The van der Waals surface area contributed by atoms with Crippen LogP contribution in [0.25, 0.3) is 0 Å². The van der Waals surface area contributed by atoms with Gasteiger partial charge in [0.2, 0.25) is 0 Å². The van der Waals surface area contributed by atoms with E-state index in [2.05, 4.69) is 4.74 Å². The second-order valence-electron chi connectivity index (χ2n) is 6.29. The third-order valence-corrected chi connectivity index (χ3v) is 4.32. The van der Waals surface area contributed by atoms with Crippen LogP contribution in [0.5, 0.6) is 11.5 Å². The van der Waals surface area contributed by atoms with Crippen molar-refractivity contribution in [3.05, 3.63) is 36.4 Å². The molecule has 25 heavy (non-hydrogen) atoms. The van der Waals surface area contributed by atoms with Crippen molar-refractivity contribution in [2.24, 2.45) is 23.7 Å². The summed E-state index contributed by atoms with van der Waals surface area (Å²) in [6, 6.07) is 5.70. The van der Waals surface area contributed by atoms with E-state index in [1.807, 2.05) is 12.2 Å². The molecule has 136 valence electrons. The minimum absolute atomic E-state index is 0.139. The van der Waals surface area contributed by atoms with Crippen LogP contribution >= 0.6 is 0 Å². The Morgan fingerprint density at radius 3 is 1.68 bits per heavy atom. The summed E-state index contributed by atoms with van der Waals surface area (Å²) < 4.78 is 4.59. The largest absolute Gasteiger partial charge is 0.508 e. The number of benzene rings is 1. The Kier molecular flexibility index (Phi) is 6.17. The third kappa shape index (κ3) is 4.58. The number of ether oxygens (including phenoxy) is 1. The molecule has 5 unspecified atom stereocenters. The van der Waals surface area contributed by atoms with Crippen LogP contribution in [0.3, 0.4) is 0 Å². The Hall–Kier alpha value is -2.38. The van der Waals surface area contributed by atoms with Gasteiger partial charge in [-0.25, -0.2) is 0 Å². The van der Waals surface area contributed by atoms with Crippen molar-refractivity contribution in [1.82, 2.24) is 0 Å². The first kappa shape index (κ1) is 19.0. The summed E-state index contributed by atoms with van der Waals surface area (Å²) in [4.78, 5) is 22.4. The normalized spacial score (nSPS) is 29.1. The van der Waals surface area contributed by atoms with Crippen molar-refractivity contribution in [2.75, 3.05) is 6.61 Å². The van der Waals surface area contributed by atoms with Gasteiger partial charge in [-0.05, 0) is 49.4 Å². The van der Waals surface area contributed by atoms with E-state index in [4.69, 9.17) is 20.4 Å². The fourth-order valence-electron chi connectivity index (χ4n) is 3.15. The van der Waals surface area contributed by atoms with Gasteiger partial charge in [0, 0.05) is 0 Å². The van der Waals surface area contributed by atoms with E-state index in [9.17, 15) is 9.59 Å². The molecule has 7 heteroatoms. The molecule has 0 radical (unpaired) electrons. The van der Waals surface area contributed by atoms with Crippen LogP contribution in [0.15, 0.2) is 36.4 Å². The van der Waals surface area contributed by atoms with Crippen LogP contribution in [0, 0.1) is 23.7 Å². The van der Waals surface area contributed by atoms with Gasteiger partial charge in [-0.2, -0.15) is 0 Å². The zero-order chi connectivity index (χ0) is 18.6. The lowest BCUT2D eigenvalue weighted by molar-refractivity contribution is -0.154. The average Bonchev–Trinajstić information content (AvgIpc) is 3.26. The molecule has 2 bridgehead atoms. The molecular weight excluding hydrogens is 328 g/mol. The second-order valence-corrected chi connectivity index (χ2v) is 6.29. The van der Waals surface area contributed by atoms with Crippen LogP contribution in [-0.2, 0) is 14.3 Å². The summed E-state index contributed by atoms with van der Waals surface area (Å²) in [6.07, 6.45) is 4.50. The lowest BCUT2D eigenvalue weighted by Gasteiger charge is -2.12. The highest BCUT2D eigenvalue weighted by molar-refractivity contribution is 5.98. The van der Waals surface area contributed by atoms with Gasteiger partial charge in [-0.15, -0.1) is 0 Å². The molecule has 7 nitrogen and oxygen atoms in total. The maximum Gasteiger partial charge on any atom is 0.318 e. The van der Waals surface area contributed by atoms with Crippen molar-refractivity contribution in [3.63, 3.8) is 0 Å². The Bertz CT molecular complexity index is 586. The maximum absolute atomic E-state index is 11.2. The Labute approximate surface area is 145 Å². The molecule has 4 N–H and O–H groups in total. The van der Waals surface area contributed by atoms with Gasteiger partial charge >= 0.3 is 11.9 Å². The average molecular weight is 350 g/mol. The standard InChI is InChI=1S/C9H8O3.C6H6O2.C3H8O2/c10-8-6-4-1-2-5(3-4)7(6)9(11)12-8;7-5-1-2-6(8)4-3-5;1-3(5)2-4/h1-2,4-7H,3H2;1-4,7-8H;3-5H,2H2,1H3. The molecule has 3 aliphatic rings. The predicted molar refractivity (Wildman–Crippen MR) is 87.4 cm³/mol. The van der Waals surface area contributed by atoms with Crippen LogP contribution in [-0.4, -0.2) is 45.1 Å². The molecule has 1 heterocycles. The highest BCUT2D eigenvalue weighted by atomic mass is 16.6. The number of aliphatic hydroxyl groups excluding tert-OH is 2. The van der Waals surface area contributed by atoms with Crippen molar-refractivity contribution in [2.45, 2.75) is 19.4 Å². The summed E-state index contributed by atoms with van der Waals surface area (Å²) in [5.41, 5.74) is 0. The molecule has 0 amide bonds. The lowest BCUT2D eigenvalue weighted by atomic mass is 9.85. The molecule has 1 aromatic carbocycles. The molecule has 2 aliphatic carbocycles. The van der Waals surface area contributed by atoms with Gasteiger partial charge in [0.1, 0.15) is 11.5 Å². The number of aromatic hydroxyl groups is 2. The first-order valence-corrected chi connectivity index (χ1v) is 8.04.